The molecule has 0 radical (unpaired) electrons. The molecule has 4 rings (SSSR count). The third-order valence-corrected chi connectivity index (χ3v) is 6.75. The van der Waals surface area contributed by atoms with Gasteiger partial charge in [0.15, 0.2) is 5.13 Å². The lowest BCUT2D eigenvalue weighted by Gasteiger charge is -2.27. The summed E-state index contributed by atoms with van der Waals surface area (Å²) in [5, 5.41) is 5.21. The second-order valence-electron chi connectivity index (χ2n) is 7.55. The van der Waals surface area contributed by atoms with Gasteiger partial charge in [-0.05, 0) is 44.5 Å². The Hall–Kier alpha value is -1.81. The highest BCUT2D eigenvalue weighted by atomic mass is 79.9. The monoisotopic (exact) mass is 491 g/mol. The zero-order valence-corrected chi connectivity index (χ0v) is 19.7. The van der Waals surface area contributed by atoms with E-state index < -0.39 is 0 Å². The number of nitrogens with zero attached hydrogens (tertiary/aromatic N) is 5. The first-order valence-corrected chi connectivity index (χ1v) is 11.8. The van der Waals surface area contributed by atoms with Gasteiger partial charge in [-0.25, -0.2) is 4.98 Å². The van der Waals surface area contributed by atoms with E-state index in [0.717, 1.165) is 70.5 Å². The number of benzene rings is 1. The lowest BCUT2D eigenvalue weighted by molar-refractivity contribution is -0.119. The summed E-state index contributed by atoms with van der Waals surface area (Å²) in [7, 11) is 0. The Kier molecular flexibility index (Phi) is 6.82. The van der Waals surface area contributed by atoms with Crippen molar-refractivity contribution in [2.24, 2.45) is 0 Å². The molecule has 1 aliphatic rings. The van der Waals surface area contributed by atoms with Crippen molar-refractivity contribution in [2.45, 2.75) is 26.8 Å². The first-order chi connectivity index (χ1) is 14.5. The Morgan fingerprint density at radius 2 is 2.07 bits per heavy atom. The van der Waals surface area contributed by atoms with Crippen LogP contribution in [0.2, 0.25) is 0 Å². The molecule has 0 spiro atoms. The minimum atomic E-state index is 0.0151. The molecule has 1 aromatic carbocycles. The molecule has 0 bridgehead atoms. The molecule has 2 aromatic heterocycles. The SMILES string of the molecule is Cc1cc(C)n(CC(=O)N(CCCN2CCOCC2)c2nc3ccc(Br)cc3s2)n1. The van der Waals surface area contributed by atoms with Gasteiger partial charge >= 0.3 is 0 Å². The van der Waals surface area contributed by atoms with Crippen LogP contribution in [0.15, 0.2) is 28.7 Å². The third kappa shape index (κ3) is 5.08. The van der Waals surface area contributed by atoms with E-state index in [9.17, 15) is 4.79 Å². The highest BCUT2D eigenvalue weighted by Gasteiger charge is 2.22. The highest BCUT2D eigenvalue weighted by molar-refractivity contribution is 9.10. The minimum Gasteiger partial charge on any atom is -0.379 e. The molecule has 1 fully saturated rings. The zero-order valence-electron chi connectivity index (χ0n) is 17.3. The van der Waals surface area contributed by atoms with Crippen molar-refractivity contribution < 1.29 is 9.53 Å². The zero-order chi connectivity index (χ0) is 21.1. The molecular formula is C21H26BrN5O2S. The van der Waals surface area contributed by atoms with Crippen LogP contribution in [0.25, 0.3) is 10.2 Å². The van der Waals surface area contributed by atoms with Crippen LogP contribution in [0.5, 0.6) is 0 Å². The maximum Gasteiger partial charge on any atom is 0.250 e. The van der Waals surface area contributed by atoms with Gasteiger partial charge in [0.2, 0.25) is 0 Å². The predicted molar refractivity (Wildman–Crippen MR) is 123 cm³/mol. The molecule has 30 heavy (non-hydrogen) atoms. The number of fused-ring (bicyclic) bond motifs is 1. The van der Waals surface area contributed by atoms with Crippen LogP contribution in [0.1, 0.15) is 17.8 Å². The smallest absolute Gasteiger partial charge is 0.250 e. The van der Waals surface area contributed by atoms with Crippen LogP contribution in [0, 0.1) is 13.8 Å². The quantitative estimate of drug-likeness (QED) is 0.504. The number of amides is 1. The molecular weight excluding hydrogens is 466 g/mol. The van der Waals surface area contributed by atoms with E-state index in [0.29, 0.717) is 6.54 Å². The Bertz CT molecular complexity index is 1030. The number of aromatic nitrogens is 3. The highest BCUT2D eigenvalue weighted by Crippen LogP contribution is 2.31. The van der Waals surface area contributed by atoms with Crippen LogP contribution < -0.4 is 4.90 Å². The van der Waals surface area contributed by atoms with Crippen molar-refractivity contribution in [3.05, 3.63) is 40.1 Å². The van der Waals surface area contributed by atoms with Crippen molar-refractivity contribution in [3.8, 4) is 0 Å². The molecule has 3 heterocycles. The van der Waals surface area contributed by atoms with Gasteiger partial charge in [0, 0.05) is 36.3 Å². The standard InChI is InChI=1S/C21H26BrN5O2S/c1-15-12-16(2)27(24-15)14-20(28)26(7-3-6-25-8-10-29-11-9-25)21-23-18-5-4-17(22)13-19(18)30-21/h4-5,12-13H,3,6-11,14H2,1-2H3. The number of rotatable bonds is 7. The number of hydrogen-bond acceptors (Lipinski definition) is 6. The van der Waals surface area contributed by atoms with Crippen molar-refractivity contribution in [3.63, 3.8) is 0 Å². The number of thiazole rings is 1. The Balaban J connectivity index is 1.52. The average Bonchev–Trinajstić information content (AvgIpc) is 3.27. The van der Waals surface area contributed by atoms with Crippen LogP contribution in [0.3, 0.4) is 0 Å². The molecule has 0 atom stereocenters. The van der Waals surface area contributed by atoms with Crippen LogP contribution >= 0.6 is 27.3 Å². The maximum atomic E-state index is 13.3. The summed E-state index contributed by atoms with van der Waals surface area (Å²) >= 11 is 5.07. The molecule has 0 N–H and O–H groups in total. The fourth-order valence-corrected chi connectivity index (χ4v) is 5.22. The summed E-state index contributed by atoms with van der Waals surface area (Å²) in [5.74, 6) is 0.0151. The van der Waals surface area contributed by atoms with Crippen molar-refractivity contribution in [1.29, 1.82) is 0 Å². The molecule has 9 heteroatoms. The summed E-state index contributed by atoms with van der Waals surface area (Å²) < 4.78 is 9.28. The molecule has 1 aliphatic heterocycles. The van der Waals surface area contributed by atoms with Gasteiger partial charge < -0.3 is 4.74 Å². The number of ether oxygens (including phenoxy) is 1. The number of hydrogen-bond donors (Lipinski definition) is 0. The third-order valence-electron chi connectivity index (χ3n) is 5.22. The summed E-state index contributed by atoms with van der Waals surface area (Å²) in [6, 6.07) is 8.00. The molecule has 1 saturated heterocycles. The number of carbonyl (C=O) groups excluding carboxylic acids is 1. The lowest BCUT2D eigenvalue weighted by atomic mass is 10.3. The molecule has 0 unspecified atom stereocenters. The first kappa shape index (κ1) is 21.4. The summed E-state index contributed by atoms with van der Waals surface area (Å²) in [6.07, 6.45) is 0.891. The number of halogens is 1. The second-order valence-corrected chi connectivity index (χ2v) is 9.47. The molecule has 1 amide bonds. The van der Waals surface area contributed by atoms with Crippen LogP contribution in [0.4, 0.5) is 5.13 Å². The molecule has 3 aromatic rings. The van der Waals surface area contributed by atoms with Crippen molar-refractivity contribution >= 4 is 48.5 Å². The summed E-state index contributed by atoms with van der Waals surface area (Å²) in [6.45, 7) is 9.20. The fraction of sp³-hybridized carbons (Fsp3) is 0.476. The Labute approximate surface area is 188 Å². The van der Waals surface area contributed by atoms with E-state index in [1.165, 1.54) is 0 Å². The van der Waals surface area contributed by atoms with Gasteiger partial charge in [0.25, 0.3) is 5.91 Å². The van der Waals surface area contributed by atoms with Gasteiger partial charge in [0.1, 0.15) is 6.54 Å². The van der Waals surface area contributed by atoms with E-state index in [1.807, 2.05) is 43.0 Å². The van der Waals surface area contributed by atoms with E-state index >= 15 is 0 Å². The summed E-state index contributed by atoms with van der Waals surface area (Å²) in [5.41, 5.74) is 2.82. The number of aryl methyl sites for hydroxylation is 2. The van der Waals surface area contributed by atoms with E-state index in [-0.39, 0.29) is 12.5 Å². The molecule has 0 aliphatic carbocycles. The van der Waals surface area contributed by atoms with Crippen molar-refractivity contribution in [1.82, 2.24) is 19.7 Å². The van der Waals surface area contributed by atoms with Gasteiger partial charge in [-0.15, -0.1) is 0 Å². The Morgan fingerprint density at radius 3 is 2.80 bits per heavy atom. The number of anilines is 1. The van der Waals surface area contributed by atoms with E-state index in [4.69, 9.17) is 9.72 Å². The molecule has 7 nitrogen and oxygen atoms in total. The van der Waals surface area contributed by atoms with Gasteiger partial charge in [-0.3, -0.25) is 19.3 Å². The number of morpholine rings is 1. The minimum absolute atomic E-state index is 0.0151. The molecule has 0 saturated carbocycles. The Morgan fingerprint density at radius 1 is 1.27 bits per heavy atom. The van der Waals surface area contributed by atoms with Crippen LogP contribution in [-0.2, 0) is 16.1 Å². The molecule has 160 valence electrons. The van der Waals surface area contributed by atoms with Gasteiger partial charge in [-0.2, -0.15) is 5.10 Å². The van der Waals surface area contributed by atoms with E-state index in [1.54, 1.807) is 16.0 Å². The second kappa shape index (κ2) is 9.55. The summed E-state index contributed by atoms with van der Waals surface area (Å²) in [4.78, 5) is 22.3. The van der Waals surface area contributed by atoms with Crippen molar-refractivity contribution in [2.75, 3.05) is 44.3 Å². The largest absolute Gasteiger partial charge is 0.379 e. The lowest BCUT2D eigenvalue weighted by Crippen LogP contribution is -2.40. The first-order valence-electron chi connectivity index (χ1n) is 10.2. The maximum absolute atomic E-state index is 13.3. The topological polar surface area (TPSA) is 63.5 Å². The van der Waals surface area contributed by atoms with E-state index in [2.05, 4.69) is 25.9 Å². The number of carbonyl (C=O) groups is 1. The average molecular weight is 492 g/mol. The fourth-order valence-electron chi connectivity index (χ4n) is 3.65. The normalized spacial score (nSPS) is 15.0. The van der Waals surface area contributed by atoms with Gasteiger partial charge in [0.05, 0.1) is 29.1 Å². The predicted octanol–water partition coefficient (Wildman–Crippen LogP) is 3.63. The van der Waals surface area contributed by atoms with Crippen LogP contribution in [-0.4, -0.2) is 65.0 Å². The van der Waals surface area contributed by atoms with Gasteiger partial charge in [-0.1, -0.05) is 27.3 Å².